The molecule has 96 valence electrons. The fourth-order valence-corrected chi connectivity index (χ4v) is 1.72. The molecule has 0 radical (unpaired) electrons. The second-order valence-electron chi connectivity index (χ2n) is 4.28. The van der Waals surface area contributed by atoms with Gasteiger partial charge in [-0.15, -0.1) is 0 Å². The average molecular weight is 245 g/mol. The lowest BCUT2D eigenvalue weighted by molar-refractivity contribution is 0.0963. The highest BCUT2D eigenvalue weighted by atomic mass is 16.1. The van der Waals surface area contributed by atoms with Gasteiger partial charge in [-0.2, -0.15) is 5.26 Å². The minimum atomic E-state index is -0.0658. The van der Waals surface area contributed by atoms with Gasteiger partial charge in [0.1, 0.15) is 0 Å². The van der Waals surface area contributed by atoms with Crippen LogP contribution >= 0.6 is 0 Å². The molecule has 4 heteroatoms. The second kappa shape index (κ2) is 7.46. The molecule has 1 aromatic rings. The van der Waals surface area contributed by atoms with E-state index in [0.717, 1.165) is 19.5 Å². The van der Waals surface area contributed by atoms with E-state index in [1.54, 1.807) is 7.05 Å². The Hall–Kier alpha value is -1.86. The number of rotatable bonds is 6. The van der Waals surface area contributed by atoms with E-state index < -0.39 is 0 Å². The molecule has 0 unspecified atom stereocenters. The van der Waals surface area contributed by atoms with Gasteiger partial charge in [0.15, 0.2) is 0 Å². The Morgan fingerprint density at radius 1 is 1.39 bits per heavy atom. The van der Waals surface area contributed by atoms with Crippen LogP contribution in [0.3, 0.4) is 0 Å². The van der Waals surface area contributed by atoms with Gasteiger partial charge in [0, 0.05) is 25.6 Å². The molecule has 1 amide bonds. The van der Waals surface area contributed by atoms with Gasteiger partial charge < -0.3 is 10.2 Å². The van der Waals surface area contributed by atoms with Crippen LogP contribution in [0.25, 0.3) is 0 Å². The first-order valence-electron chi connectivity index (χ1n) is 6.04. The van der Waals surface area contributed by atoms with Gasteiger partial charge in [0.25, 0.3) is 5.91 Å². The van der Waals surface area contributed by atoms with E-state index in [-0.39, 0.29) is 5.91 Å². The van der Waals surface area contributed by atoms with Crippen molar-refractivity contribution < 1.29 is 4.79 Å². The summed E-state index contributed by atoms with van der Waals surface area (Å²) in [5, 5.41) is 11.1. The van der Waals surface area contributed by atoms with Crippen LogP contribution in [0.4, 0.5) is 0 Å². The Morgan fingerprint density at radius 2 is 2.06 bits per heavy atom. The lowest BCUT2D eigenvalue weighted by atomic mass is 10.1. The van der Waals surface area contributed by atoms with Gasteiger partial charge in [-0.05, 0) is 37.7 Å². The van der Waals surface area contributed by atoms with Crippen molar-refractivity contribution in [3.63, 3.8) is 0 Å². The van der Waals surface area contributed by atoms with Crippen molar-refractivity contribution in [3.8, 4) is 6.07 Å². The summed E-state index contributed by atoms with van der Waals surface area (Å²) in [6.45, 7) is 1.74. The lowest BCUT2D eigenvalue weighted by Crippen LogP contribution is -2.20. The third-order valence-corrected chi connectivity index (χ3v) is 2.72. The molecule has 1 N–H and O–H groups in total. The zero-order valence-corrected chi connectivity index (χ0v) is 10.9. The standard InChI is InChI=1S/C14H19N3O/c1-16-14(18)13-7-5-12(6-8-13)11-17(2)10-4-3-9-15/h5-8H,3-4,10-11H2,1-2H3,(H,16,18). The Morgan fingerprint density at radius 3 is 2.61 bits per heavy atom. The molecule has 18 heavy (non-hydrogen) atoms. The van der Waals surface area contributed by atoms with Crippen LogP contribution in [0.1, 0.15) is 28.8 Å². The summed E-state index contributed by atoms with van der Waals surface area (Å²) in [4.78, 5) is 13.5. The van der Waals surface area contributed by atoms with Crippen molar-refractivity contribution in [3.05, 3.63) is 35.4 Å². The summed E-state index contributed by atoms with van der Waals surface area (Å²) in [5.41, 5.74) is 1.84. The zero-order valence-electron chi connectivity index (χ0n) is 10.9. The predicted octanol–water partition coefficient (Wildman–Crippen LogP) is 1.78. The summed E-state index contributed by atoms with van der Waals surface area (Å²) in [7, 11) is 3.66. The number of nitrogens with zero attached hydrogens (tertiary/aromatic N) is 2. The molecule has 0 aliphatic heterocycles. The quantitative estimate of drug-likeness (QED) is 0.777. The van der Waals surface area contributed by atoms with Gasteiger partial charge in [-0.25, -0.2) is 0 Å². The first-order chi connectivity index (χ1) is 8.67. The summed E-state index contributed by atoms with van der Waals surface area (Å²) in [5.74, 6) is -0.0658. The summed E-state index contributed by atoms with van der Waals surface area (Å²) >= 11 is 0. The van der Waals surface area contributed by atoms with Crippen molar-refractivity contribution in [1.82, 2.24) is 10.2 Å². The van der Waals surface area contributed by atoms with E-state index in [1.807, 2.05) is 31.3 Å². The summed E-state index contributed by atoms with van der Waals surface area (Å²) in [6, 6.07) is 9.73. The third kappa shape index (κ3) is 4.56. The van der Waals surface area contributed by atoms with Crippen molar-refractivity contribution in [2.45, 2.75) is 19.4 Å². The Kier molecular flexibility index (Phi) is 5.89. The van der Waals surface area contributed by atoms with E-state index in [9.17, 15) is 4.79 Å². The topological polar surface area (TPSA) is 56.1 Å². The van der Waals surface area contributed by atoms with Crippen molar-refractivity contribution in [2.75, 3.05) is 20.6 Å². The van der Waals surface area contributed by atoms with Gasteiger partial charge in [-0.1, -0.05) is 12.1 Å². The zero-order chi connectivity index (χ0) is 13.4. The van der Waals surface area contributed by atoms with Crippen LogP contribution in [0.2, 0.25) is 0 Å². The van der Waals surface area contributed by atoms with Gasteiger partial charge >= 0.3 is 0 Å². The largest absolute Gasteiger partial charge is 0.355 e. The van der Waals surface area contributed by atoms with E-state index in [0.29, 0.717) is 12.0 Å². The van der Waals surface area contributed by atoms with E-state index >= 15 is 0 Å². The molecule has 0 fully saturated rings. The molecule has 0 aliphatic rings. The number of hydrogen-bond acceptors (Lipinski definition) is 3. The van der Waals surface area contributed by atoms with Crippen LogP contribution in [-0.2, 0) is 6.54 Å². The minimum Gasteiger partial charge on any atom is -0.355 e. The highest BCUT2D eigenvalue weighted by molar-refractivity contribution is 5.93. The molecular formula is C14H19N3O. The molecule has 0 spiro atoms. The summed E-state index contributed by atoms with van der Waals surface area (Å²) < 4.78 is 0. The van der Waals surface area contributed by atoms with Crippen LogP contribution in [-0.4, -0.2) is 31.4 Å². The number of nitrogens with one attached hydrogen (secondary N) is 1. The predicted molar refractivity (Wildman–Crippen MR) is 71.0 cm³/mol. The van der Waals surface area contributed by atoms with Crippen molar-refractivity contribution in [1.29, 1.82) is 5.26 Å². The Labute approximate surface area is 108 Å². The molecule has 1 rings (SSSR count). The van der Waals surface area contributed by atoms with Crippen LogP contribution in [0.15, 0.2) is 24.3 Å². The molecule has 0 heterocycles. The number of carbonyl (C=O) groups is 1. The first kappa shape index (κ1) is 14.2. The molecule has 0 bridgehead atoms. The number of nitriles is 1. The van der Waals surface area contributed by atoms with Crippen LogP contribution in [0, 0.1) is 11.3 Å². The fourth-order valence-electron chi connectivity index (χ4n) is 1.72. The molecule has 0 saturated heterocycles. The first-order valence-corrected chi connectivity index (χ1v) is 6.04. The van der Waals surface area contributed by atoms with Gasteiger partial charge in [0.2, 0.25) is 0 Å². The highest BCUT2D eigenvalue weighted by Gasteiger charge is 2.04. The van der Waals surface area contributed by atoms with E-state index in [2.05, 4.69) is 16.3 Å². The maximum absolute atomic E-state index is 11.4. The number of carbonyl (C=O) groups excluding carboxylic acids is 1. The number of unbranched alkanes of at least 4 members (excludes halogenated alkanes) is 1. The monoisotopic (exact) mass is 245 g/mol. The average Bonchev–Trinajstić information content (AvgIpc) is 2.39. The normalized spacial score (nSPS) is 10.1. The van der Waals surface area contributed by atoms with Crippen LogP contribution in [0.5, 0.6) is 0 Å². The van der Waals surface area contributed by atoms with Gasteiger partial charge in [-0.3, -0.25) is 4.79 Å². The SMILES string of the molecule is CNC(=O)c1ccc(CN(C)CCCC#N)cc1. The molecule has 0 aromatic heterocycles. The minimum absolute atomic E-state index is 0.0658. The Bertz CT molecular complexity index is 420. The highest BCUT2D eigenvalue weighted by Crippen LogP contribution is 2.07. The Balaban J connectivity index is 2.48. The van der Waals surface area contributed by atoms with E-state index in [4.69, 9.17) is 5.26 Å². The second-order valence-corrected chi connectivity index (χ2v) is 4.28. The van der Waals surface area contributed by atoms with Crippen molar-refractivity contribution in [2.24, 2.45) is 0 Å². The number of benzene rings is 1. The van der Waals surface area contributed by atoms with Crippen LogP contribution < -0.4 is 5.32 Å². The lowest BCUT2D eigenvalue weighted by Gasteiger charge is -2.15. The fraction of sp³-hybridized carbons (Fsp3) is 0.429. The molecule has 0 aliphatic carbocycles. The molecule has 4 nitrogen and oxygen atoms in total. The maximum atomic E-state index is 11.4. The van der Waals surface area contributed by atoms with E-state index in [1.165, 1.54) is 5.56 Å². The maximum Gasteiger partial charge on any atom is 0.251 e. The number of hydrogen-bond donors (Lipinski definition) is 1. The summed E-state index contributed by atoms with van der Waals surface area (Å²) in [6.07, 6.45) is 1.49. The molecule has 0 saturated carbocycles. The number of amides is 1. The van der Waals surface area contributed by atoms with Crippen molar-refractivity contribution >= 4 is 5.91 Å². The molecule has 0 atom stereocenters. The molecular weight excluding hydrogens is 226 g/mol. The smallest absolute Gasteiger partial charge is 0.251 e. The van der Waals surface area contributed by atoms with Gasteiger partial charge in [0.05, 0.1) is 6.07 Å². The third-order valence-electron chi connectivity index (χ3n) is 2.72. The molecule has 1 aromatic carbocycles.